The summed E-state index contributed by atoms with van der Waals surface area (Å²) in [4.78, 5) is 7.91. The van der Waals surface area contributed by atoms with Crippen LogP contribution in [0.2, 0.25) is 0 Å². The summed E-state index contributed by atoms with van der Waals surface area (Å²) in [6.45, 7) is 0. The molecule has 4 nitrogen and oxygen atoms in total. The fourth-order valence-electron chi connectivity index (χ4n) is 1.32. The molecular formula is C11H8F3N3O. The van der Waals surface area contributed by atoms with Gasteiger partial charge in [0, 0.05) is 11.8 Å². The summed E-state index contributed by atoms with van der Waals surface area (Å²) in [5.41, 5.74) is 6.04. The van der Waals surface area contributed by atoms with Gasteiger partial charge in [-0.05, 0) is 30.3 Å². The molecule has 0 unspecified atom stereocenters. The zero-order valence-electron chi connectivity index (χ0n) is 8.98. The van der Waals surface area contributed by atoms with E-state index in [1.807, 2.05) is 0 Å². The molecule has 0 aliphatic rings. The lowest BCUT2D eigenvalue weighted by molar-refractivity contribution is -0.274. The zero-order chi connectivity index (χ0) is 13.2. The van der Waals surface area contributed by atoms with Gasteiger partial charge in [0.25, 0.3) is 0 Å². The molecule has 0 saturated heterocycles. The number of rotatable bonds is 2. The van der Waals surface area contributed by atoms with Crippen LogP contribution >= 0.6 is 0 Å². The molecule has 1 heterocycles. The van der Waals surface area contributed by atoms with E-state index in [0.717, 1.165) is 0 Å². The standard InChI is InChI=1S/C11H8F3N3O/c12-11(13,14)18-8-3-1-7(2-4-8)10-16-6-5-9(15)17-10/h1-6H,(H2,15,16,17). The van der Waals surface area contributed by atoms with Gasteiger partial charge < -0.3 is 10.5 Å². The third kappa shape index (κ3) is 3.09. The van der Waals surface area contributed by atoms with Crippen LogP contribution in [-0.2, 0) is 0 Å². The number of nitrogens with two attached hydrogens (primary N) is 1. The first-order valence-corrected chi connectivity index (χ1v) is 4.89. The molecule has 0 radical (unpaired) electrons. The van der Waals surface area contributed by atoms with Crippen molar-refractivity contribution in [3.05, 3.63) is 36.5 Å². The van der Waals surface area contributed by atoms with Gasteiger partial charge in [-0.15, -0.1) is 13.2 Å². The van der Waals surface area contributed by atoms with Crippen molar-refractivity contribution in [1.29, 1.82) is 0 Å². The van der Waals surface area contributed by atoms with Gasteiger partial charge in [-0.2, -0.15) is 0 Å². The number of hydrogen-bond acceptors (Lipinski definition) is 4. The van der Waals surface area contributed by atoms with E-state index in [4.69, 9.17) is 5.73 Å². The number of ether oxygens (including phenoxy) is 1. The fourth-order valence-corrected chi connectivity index (χ4v) is 1.32. The Bertz CT molecular complexity index is 540. The zero-order valence-corrected chi connectivity index (χ0v) is 8.98. The van der Waals surface area contributed by atoms with Gasteiger partial charge in [0.05, 0.1) is 0 Å². The van der Waals surface area contributed by atoms with Crippen LogP contribution in [0, 0.1) is 0 Å². The smallest absolute Gasteiger partial charge is 0.406 e. The second-order valence-electron chi connectivity index (χ2n) is 3.38. The van der Waals surface area contributed by atoms with Gasteiger partial charge in [0.2, 0.25) is 0 Å². The first-order chi connectivity index (χ1) is 8.44. The Morgan fingerprint density at radius 1 is 1.06 bits per heavy atom. The van der Waals surface area contributed by atoms with E-state index in [0.29, 0.717) is 11.4 Å². The van der Waals surface area contributed by atoms with Crippen LogP contribution in [0.5, 0.6) is 5.75 Å². The molecule has 0 amide bonds. The average molecular weight is 255 g/mol. The van der Waals surface area contributed by atoms with Gasteiger partial charge in [0.15, 0.2) is 5.82 Å². The summed E-state index contributed by atoms with van der Waals surface area (Å²) in [5.74, 6) is 0.333. The fraction of sp³-hybridized carbons (Fsp3) is 0.0909. The number of nitrogens with zero attached hydrogens (tertiary/aromatic N) is 2. The Labute approximate surface area is 100 Å². The van der Waals surface area contributed by atoms with Gasteiger partial charge in [-0.1, -0.05) is 0 Å². The molecule has 0 bridgehead atoms. The molecule has 0 aliphatic carbocycles. The van der Waals surface area contributed by atoms with Crippen LogP contribution in [0.1, 0.15) is 0 Å². The number of benzene rings is 1. The number of alkyl halides is 3. The SMILES string of the molecule is Nc1ccnc(-c2ccc(OC(F)(F)F)cc2)n1. The lowest BCUT2D eigenvalue weighted by atomic mass is 10.2. The molecular weight excluding hydrogens is 247 g/mol. The van der Waals surface area contributed by atoms with Crippen molar-refractivity contribution in [3.63, 3.8) is 0 Å². The van der Waals surface area contributed by atoms with E-state index in [1.165, 1.54) is 36.5 Å². The Morgan fingerprint density at radius 3 is 2.28 bits per heavy atom. The van der Waals surface area contributed by atoms with E-state index >= 15 is 0 Å². The molecule has 0 fully saturated rings. The third-order valence-corrected chi connectivity index (χ3v) is 2.02. The van der Waals surface area contributed by atoms with Crippen molar-refractivity contribution in [2.75, 3.05) is 5.73 Å². The highest BCUT2D eigenvalue weighted by atomic mass is 19.4. The minimum absolute atomic E-state index is 0.288. The van der Waals surface area contributed by atoms with Crippen LogP contribution in [0.25, 0.3) is 11.4 Å². The number of anilines is 1. The summed E-state index contributed by atoms with van der Waals surface area (Å²) >= 11 is 0. The molecule has 0 atom stereocenters. The normalized spacial score (nSPS) is 11.3. The molecule has 1 aromatic heterocycles. The van der Waals surface area contributed by atoms with E-state index in [1.54, 1.807) is 0 Å². The Kier molecular flexibility index (Phi) is 3.05. The number of aromatic nitrogens is 2. The molecule has 2 N–H and O–H groups in total. The van der Waals surface area contributed by atoms with Crippen molar-refractivity contribution < 1.29 is 17.9 Å². The number of hydrogen-bond donors (Lipinski definition) is 1. The maximum absolute atomic E-state index is 12.0. The van der Waals surface area contributed by atoms with Gasteiger partial charge in [-0.25, -0.2) is 9.97 Å². The minimum atomic E-state index is -4.70. The first-order valence-electron chi connectivity index (χ1n) is 4.89. The van der Waals surface area contributed by atoms with Crippen LogP contribution in [0.4, 0.5) is 19.0 Å². The highest BCUT2D eigenvalue weighted by Crippen LogP contribution is 2.25. The van der Waals surface area contributed by atoms with Crippen molar-refractivity contribution in [3.8, 4) is 17.1 Å². The summed E-state index contributed by atoms with van der Waals surface area (Å²) in [5, 5.41) is 0. The van der Waals surface area contributed by atoms with Crippen molar-refractivity contribution in [2.24, 2.45) is 0 Å². The third-order valence-electron chi connectivity index (χ3n) is 2.02. The molecule has 2 rings (SSSR count). The maximum atomic E-state index is 12.0. The quantitative estimate of drug-likeness (QED) is 0.896. The predicted octanol–water partition coefficient (Wildman–Crippen LogP) is 2.62. The van der Waals surface area contributed by atoms with Gasteiger partial charge >= 0.3 is 6.36 Å². The molecule has 0 saturated carbocycles. The molecule has 7 heteroatoms. The van der Waals surface area contributed by atoms with Gasteiger partial charge in [-0.3, -0.25) is 0 Å². The van der Waals surface area contributed by atoms with E-state index in [9.17, 15) is 13.2 Å². The monoisotopic (exact) mass is 255 g/mol. The topological polar surface area (TPSA) is 61.0 Å². The summed E-state index contributed by atoms with van der Waals surface area (Å²) in [7, 11) is 0. The van der Waals surface area contributed by atoms with Crippen LogP contribution < -0.4 is 10.5 Å². The lowest BCUT2D eigenvalue weighted by Gasteiger charge is -2.08. The van der Waals surface area contributed by atoms with E-state index < -0.39 is 6.36 Å². The lowest BCUT2D eigenvalue weighted by Crippen LogP contribution is -2.16. The molecule has 0 spiro atoms. The average Bonchev–Trinajstić information content (AvgIpc) is 2.28. The number of nitrogen functional groups attached to an aromatic ring is 1. The number of halogens is 3. The van der Waals surface area contributed by atoms with Gasteiger partial charge in [0.1, 0.15) is 11.6 Å². The largest absolute Gasteiger partial charge is 0.573 e. The van der Waals surface area contributed by atoms with Crippen LogP contribution in [0.15, 0.2) is 36.5 Å². The van der Waals surface area contributed by atoms with Crippen molar-refractivity contribution >= 4 is 5.82 Å². The summed E-state index contributed by atoms with van der Waals surface area (Å²) in [6, 6.07) is 6.75. The molecule has 0 aliphatic heterocycles. The molecule has 2 aromatic rings. The Balaban J connectivity index is 2.22. The Morgan fingerprint density at radius 2 is 1.72 bits per heavy atom. The first kappa shape index (κ1) is 12.2. The van der Waals surface area contributed by atoms with Crippen molar-refractivity contribution in [1.82, 2.24) is 9.97 Å². The summed E-state index contributed by atoms with van der Waals surface area (Å²) in [6.07, 6.45) is -3.23. The van der Waals surface area contributed by atoms with E-state index in [2.05, 4.69) is 14.7 Å². The second kappa shape index (κ2) is 4.52. The molecule has 94 valence electrons. The Hall–Kier alpha value is -2.31. The van der Waals surface area contributed by atoms with Crippen LogP contribution in [0.3, 0.4) is 0 Å². The summed E-state index contributed by atoms with van der Waals surface area (Å²) < 4.78 is 39.6. The minimum Gasteiger partial charge on any atom is -0.406 e. The van der Waals surface area contributed by atoms with Crippen LogP contribution in [-0.4, -0.2) is 16.3 Å². The van der Waals surface area contributed by atoms with Crippen molar-refractivity contribution in [2.45, 2.75) is 6.36 Å². The highest BCUT2D eigenvalue weighted by Gasteiger charge is 2.30. The maximum Gasteiger partial charge on any atom is 0.573 e. The molecule has 18 heavy (non-hydrogen) atoms. The van der Waals surface area contributed by atoms with E-state index in [-0.39, 0.29) is 11.6 Å². The highest BCUT2D eigenvalue weighted by molar-refractivity contribution is 5.57. The predicted molar refractivity (Wildman–Crippen MR) is 58.6 cm³/mol. The second-order valence-corrected chi connectivity index (χ2v) is 3.38. The molecule has 1 aromatic carbocycles.